The normalized spacial score (nSPS) is 10.3. The fraction of sp³-hybridized carbons (Fsp3) is 0.150. The first-order valence-corrected chi connectivity index (χ1v) is 8.09. The Balaban J connectivity index is 1.62. The lowest BCUT2D eigenvalue weighted by Crippen LogP contribution is -2.24. The Bertz CT molecular complexity index is 840. The number of aryl methyl sites for hydroxylation is 2. The molecular weight excluding hydrogens is 312 g/mol. The Hall–Kier alpha value is -3.21. The minimum atomic E-state index is -0.241. The van der Waals surface area contributed by atoms with Crippen LogP contribution in [0.4, 0.5) is 11.5 Å². The number of nitrogens with one attached hydrogen (secondary N) is 2. The van der Waals surface area contributed by atoms with Crippen LogP contribution in [-0.4, -0.2) is 15.9 Å². The molecule has 0 saturated heterocycles. The second-order valence-corrected chi connectivity index (χ2v) is 5.96. The minimum Gasteiger partial charge on any atom is -0.347 e. The maximum absolute atomic E-state index is 12.1. The van der Waals surface area contributed by atoms with Crippen LogP contribution < -0.4 is 10.6 Å². The predicted octanol–water partition coefficient (Wildman–Crippen LogP) is 3.77. The highest BCUT2D eigenvalue weighted by molar-refractivity contribution is 5.92. The summed E-state index contributed by atoms with van der Waals surface area (Å²) in [6, 6.07) is 15.9. The summed E-state index contributed by atoms with van der Waals surface area (Å²) in [6.07, 6.45) is 3.04. The number of nitrogens with zero attached hydrogens (tertiary/aromatic N) is 2. The number of carbonyl (C=O) groups is 1. The van der Waals surface area contributed by atoms with Crippen molar-refractivity contribution in [3.05, 3.63) is 83.3 Å². The highest BCUT2D eigenvalue weighted by Crippen LogP contribution is 2.17. The third-order valence-corrected chi connectivity index (χ3v) is 3.67. The maximum Gasteiger partial charge on any atom is 0.271 e. The summed E-state index contributed by atoms with van der Waals surface area (Å²) >= 11 is 0. The third kappa shape index (κ3) is 4.64. The zero-order valence-corrected chi connectivity index (χ0v) is 14.3. The molecule has 2 aromatic carbocycles. The first-order valence-electron chi connectivity index (χ1n) is 8.09. The zero-order valence-electron chi connectivity index (χ0n) is 14.3. The molecule has 0 atom stereocenters. The molecule has 0 radical (unpaired) electrons. The quantitative estimate of drug-likeness (QED) is 0.746. The van der Waals surface area contributed by atoms with E-state index >= 15 is 0 Å². The SMILES string of the molecule is Cc1cc(C)cc(Nc2cnc(C(=O)NCc3ccccc3)cn2)c1. The lowest BCUT2D eigenvalue weighted by Gasteiger charge is -2.08. The highest BCUT2D eigenvalue weighted by Gasteiger charge is 2.08. The molecule has 0 saturated carbocycles. The van der Waals surface area contributed by atoms with Crippen molar-refractivity contribution in [3.8, 4) is 0 Å². The van der Waals surface area contributed by atoms with Crippen LogP contribution in [0.15, 0.2) is 60.9 Å². The Morgan fingerprint density at radius 2 is 1.68 bits per heavy atom. The molecule has 0 unspecified atom stereocenters. The summed E-state index contributed by atoms with van der Waals surface area (Å²) in [5.41, 5.74) is 4.63. The Labute approximate surface area is 147 Å². The van der Waals surface area contributed by atoms with Gasteiger partial charge in [-0.1, -0.05) is 36.4 Å². The van der Waals surface area contributed by atoms with Crippen LogP contribution in [0.1, 0.15) is 27.2 Å². The van der Waals surface area contributed by atoms with E-state index in [0.717, 1.165) is 11.3 Å². The van der Waals surface area contributed by atoms with E-state index in [0.29, 0.717) is 18.1 Å². The molecule has 0 aliphatic rings. The van der Waals surface area contributed by atoms with Gasteiger partial charge in [-0.25, -0.2) is 9.97 Å². The molecule has 1 aromatic heterocycles. The average molecular weight is 332 g/mol. The number of benzene rings is 2. The van der Waals surface area contributed by atoms with E-state index < -0.39 is 0 Å². The van der Waals surface area contributed by atoms with Crippen molar-refractivity contribution in [2.75, 3.05) is 5.32 Å². The van der Waals surface area contributed by atoms with E-state index in [-0.39, 0.29) is 5.91 Å². The smallest absolute Gasteiger partial charge is 0.271 e. The molecule has 3 rings (SSSR count). The molecule has 2 N–H and O–H groups in total. The lowest BCUT2D eigenvalue weighted by molar-refractivity contribution is 0.0945. The second kappa shape index (κ2) is 7.57. The summed E-state index contributed by atoms with van der Waals surface area (Å²) in [5, 5.41) is 6.04. The Kier molecular flexibility index (Phi) is 5.04. The zero-order chi connectivity index (χ0) is 17.6. The van der Waals surface area contributed by atoms with Gasteiger partial charge >= 0.3 is 0 Å². The van der Waals surface area contributed by atoms with Gasteiger partial charge in [-0.2, -0.15) is 0 Å². The predicted molar refractivity (Wildman–Crippen MR) is 98.8 cm³/mol. The van der Waals surface area contributed by atoms with Gasteiger partial charge in [0.25, 0.3) is 5.91 Å². The van der Waals surface area contributed by atoms with Gasteiger partial charge < -0.3 is 10.6 Å². The molecule has 1 amide bonds. The monoisotopic (exact) mass is 332 g/mol. The average Bonchev–Trinajstić information content (AvgIpc) is 2.60. The van der Waals surface area contributed by atoms with Crippen molar-refractivity contribution in [1.82, 2.24) is 15.3 Å². The lowest BCUT2D eigenvalue weighted by atomic mass is 10.1. The molecule has 126 valence electrons. The Morgan fingerprint density at radius 1 is 0.960 bits per heavy atom. The molecule has 0 bridgehead atoms. The number of carbonyl (C=O) groups excluding carboxylic acids is 1. The van der Waals surface area contributed by atoms with Gasteiger partial charge in [0.05, 0.1) is 12.4 Å². The van der Waals surface area contributed by atoms with Crippen LogP contribution in [0.25, 0.3) is 0 Å². The van der Waals surface area contributed by atoms with Gasteiger partial charge in [0.15, 0.2) is 0 Å². The summed E-state index contributed by atoms with van der Waals surface area (Å²) < 4.78 is 0. The summed E-state index contributed by atoms with van der Waals surface area (Å²) in [6.45, 7) is 4.55. The number of anilines is 2. The van der Waals surface area contributed by atoms with Gasteiger partial charge in [0.2, 0.25) is 0 Å². The molecular formula is C20H20N4O. The standard InChI is InChI=1S/C20H20N4O/c1-14-8-15(2)10-17(9-14)24-19-13-21-18(12-22-19)20(25)23-11-16-6-4-3-5-7-16/h3-10,12-13H,11H2,1-2H3,(H,22,24)(H,23,25). The van der Waals surface area contributed by atoms with Crippen molar-refractivity contribution >= 4 is 17.4 Å². The van der Waals surface area contributed by atoms with E-state index in [1.165, 1.54) is 17.3 Å². The van der Waals surface area contributed by atoms with Crippen molar-refractivity contribution in [2.45, 2.75) is 20.4 Å². The van der Waals surface area contributed by atoms with Gasteiger partial charge in [-0.15, -0.1) is 0 Å². The first kappa shape index (κ1) is 16.6. The van der Waals surface area contributed by atoms with Crippen LogP contribution in [-0.2, 0) is 6.54 Å². The van der Waals surface area contributed by atoms with Crippen LogP contribution in [0.2, 0.25) is 0 Å². The molecule has 5 heteroatoms. The number of hydrogen-bond acceptors (Lipinski definition) is 4. The van der Waals surface area contributed by atoms with Gasteiger partial charge in [-0.05, 0) is 42.7 Å². The highest BCUT2D eigenvalue weighted by atomic mass is 16.1. The molecule has 0 aliphatic carbocycles. The molecule has 0 fully saturated rings. The first-order chi connectivity index (χ1) is 12.1. The molecule has 0 spiro atoms. The fourth-order valence-corrected chi connectivity index (χ4v) is 2.57. The van der Waals surface area contributed by atoms with E-state index in [9.17, 15) is 4.79 Å². The van der Waals surface area contributed by atoms with Crippen molar-refractivity contribution in [3.63, 3.8) is 0 Å². The Morgan fingerprint density at radius 3 is 2.32 bits per heavy atom. The van der Waals surface area contributed by atoms with Gasteiger partial charge in [0.1, 0.15) is 11.5 Å². The summed E-state index contributed by atoms with van der Waals surface area (Å²) in [7, 11) is 0. The van der Waals surface area contributed by atoms with E-state index in [4.69, 9.17) is 0 Å². The van der Waals surface area contributed by atoms with Crippen molar-refractivity contribution in [2.24, 2.45) is 0 Å². The van der Waals surface area contributed by atoms with E-state index in [1.54, 1.807) is 6.20 Å². The van der Waals surface area contributed by atoms with Crippen molar-refractivity contribution in [1.29, 1.82) is 0 Å². The number of amides is 1. The molecule has 0 aliphatic heterocycles. The molecule has 3 aromatic rings. The number of hydrogen-bond donors (Lipinski definition) is 2. The second-order valence-electron chi connectivity index (χ2n) is 5.96. The molecule has 1 heterocycles. The van der Waals surface area contributed by atoms with Gasteiger partial charge in [0, 0.05) is 12.2 Å². The van der Waals surface area contributed by atoms with Crippen LogP contribution in [0, 0.1) is 13.8 Å². The van der Waals surface area contributed by atoms with Crippen molar-refractivity contribution < 1.29 is 4.79 Å². The molecule has 5 nitrogen and oxygen atoms in total. The van der Waals surface area contributed by atoms with Crippen LogP contribution in [0.3, 0.4) is 0 Å². The van der Waals surface area contributed by atoms with Gasteiger partial charge in [-0.3, -0.25) is 4.79 Å². The van der Waals surface area contributed by atoms with Crippen LogP contribution >= 0.6 is 0 Å². The molecule has 25 heavy (non-hydrogen) atoms. The van der Waals surface area contributed by atoms with E-state index in [2.05, 4.69) is 26.7 Å². The fourth-order valence-electron chi connectivity index (χ4n) is 2.57. The third-order valence-electron chi connectivity index (χ3n) is 3.67. The summed E-state index contributed by atoms with van der Waals surface area (Å²) in [4.78, 5) is 20.6. The summed E-state index contributed by atoms with van der Waals surface area (Å²) in [5.74, 6) is 0.360. The van der Waals surface area contributed by atoms with Crippen LogP contribution in [0.5, 0.6) is 0 Å². The topological polar surface area (TPSA) is 66.9 Å². The minimum absolute atomic E-state index is 0.241. The largest absolute Gasteiger partial charge is 0.347 e. The number of aromatic nitrogens is 2. The number of rotatable bonds is 5. The van der Waals surface area contributed by atoms with E-state index in [1.807, 2.05) is 56.3 Å². The maximum atomic E-state index is 12.1.